The second kappa shape index (κ2) is 4.55. The van der Waals surface area contributed by atoms with Crippen LogP contribution in [0.5, 0.6) is 0 Å². The fourth-order valence-corrected chi connectivity index (χ4v) is 2.48. The molecular weight excluding hydrogens is 236 g/mol. The van der Waals surface area contributed by atoms with Crippen molar-refractivity contribution in [1.82, 2.24) is 19.9 Å². The first kappa shape index (κ1) is 12.0. The maximum atomic E-state index is 4.77. The monoisotopic (exact) mass is 254 g/mol. The Balaban J connectivity index is 2.19. The van der Waals surface area contributed by atoms with Gasteiger partial charge in [0, 0.05) is 35.4 Å². The van der Waals surface area contributed by atoms with Gasteiger partial charge in [-0.3, -0.25) is 0 Å². The maximum absolute atomic E-state index is 4.77. The maximum Gasteiger partial charge on any atom is 0.123 e. The molecule has 0 spiro atoms. The summed E-state index contributed by atoms with van der Waals surface area (Å²) < 4.78 is 2.15. The van der Waals surface area contributed by atoms with Gasteiger partial charge in [-0.25, -0.2) is 4.98 Å². The van der Waals surface area contributed by atoms with Crippen LogP contribution in [0, 0.1) is 6.92 Å². The molecule has 0 bridgehead atoms. The van der Waals surface area contributed by atoms with E-state index in [-0.39, 0.29) is 0 Å². The SMILES string of the molecule is CNCc1nc(-c2c[nH]c3ccccc23)c(C)n1C. The van der Waals surface area contributed by atoms with Gasteiger partial charge in [-0.15, -0.1) is 0 Å². The zero-order valence-corrected chi connectivity index (χ0v) is 11.5. The zero-order chi connectivity index (χ0) is 13.4. The lowest BCUT2D eigenvalue weighted by Crippen LogP contribution is -2.10. The Labute approximate surface area is 112 Å². The van der Waals surface area contributed by atoms with Crippen LogP contribution in [0.1, 0.15) is 11.5 Å². The van der Waals surface area contributed by atoms with E-state index in [4.69, 9.17) is 4.98 Å². The molecule has 1 aromatic carbocycles. The summed E-state index contributed by atoms with van der Waals surface area (Å²) in [7, 11) is 4.00. The van der Waals surface area contributed by atoms with Crippen LogP contribution in [-0.2, 0) is 13.6 Å². The highest BCUT2D eigenvalue weighted by Gasteiger charge is 2.15. The molecule has 4 nitrogen and oxygen atoms in total. The minimum Gasteiger partial charge on any atom is -0.360 e. The molecule has 0 atom stereocenters. The van der Waals surface area contributed by atoms with Crippen LogP contribution < -0.4 is 5.32 Å². The van der Waals surface area contributed by atoms with Gasteiger partial charge in [-0.1, -0.05) is 18.2 Å². The summed E-state index contributed by atoms with van der Waals surface area (Å²) in [6, 6.07) is 8.32. The van der Waals surface area contributed by atoms with E-state index in [0.29, 0.717) is 0 Å². The Bertz CT molecular complexity index is 721. The first-order valence-corrected chi connectivity index (χ1v) is 6.45. The van der Waals surface area contributed by atoms with Gasteiger partial charge < -0.3 is 14.9 Å². The fourth-order valence-electron chi connectivity index (χ4n) is 2.48. The number of imidazole rings is 1. The summed E-state index contributed by atoms with van der Waals surface area (Å²) in [5, 5.41) is 4.38. The third-order valence-corrected chi connectivity index (χ3v) is 3.65. The summed E-state index contributed by atoms with van der Waals surface area (Å²) in [4.78, 5) is 8.08. The molecule has 2 heterocycles. The van der Waals surface area contributed by atoms with Gasteiger partial charge in [0.25, 0.3) is 0 Å². The first-order chi connectivity index (χ1) is 9.22. The van der Waals surface area contributed by atoms with Crippen molar-refractivity contribution in [2.75, 3.05) is 7.05 Å². The van der Waals surface area contributed by atoms with Crippen molar-refractivity contribution in [3.05, 3.63) is 42.0 Å². The largest absolute Gasteiger partial charge is 0.360 e. The van der Waals surface area contributed by atoms with Gasteiger partial charge in [0.2, 0.25) is 0 Å². The van der Waals surface area contributed by atoms with Crippen LogP contribution >= 0.6 is 0 Å². The highest BCUT2D eigenvalue weighted by molar-refractivity contribution is 5.95. The van der Waals surface area contributed by atoms with Crippen LogP contribution in [0.15, 0.2) is 30.5 Å². The number of nitrogens with one attached hydrogen (secondary N) is 2. The zero-order valence-electron chi connectivity index (χ0n) is 11.5. The number of H-pyrrole nitrogens is 1. The molecule has 4 heteroatoms. The number of hydrogen-bond donors (Lipinski definition) is 2. The standard InChI is InChI=1S/C15H18N4/c1-10-15(18-14(9-16-2)19(10)3)12-8-17-13-7-5-4-6-11(12)13/h4-8,16-17H,9H2,1-3H3. The average Bonchev–Trinajstić information content (AvgIpc) is 2.96. The second-order valence-electron chi connectivity index (χ2n) is 4.80. The third kappa shape index (κ3) is 1.85. The number of nitrogens with zero attached hydrogens (tertiary/aromatic N) is 2. The topological polar surface area (TPSA) is 45.6 Å². The number of para-hydroxylation sites is 1. The highest BCUT2D eigenvalue weighted by Crippen LogP contribution is 2.30. The minimum atomic E-state index is 0.777. The molecule has 3 aromatic rings. The number of rotatable bonds is 3. The highest BCUT2D eigenvalue weighted by atomic mass is 15.1. The van der Waals surface area contributed by atoms with E-state index < -0.39 is 0 Å². The van der Waals surface area contributed by atoms with E-state index in [2.05, 4.69) is 47.0 Å². The molecule has 0 aliphatic carbocycles. The van der Waals surface area contributed by atoms with Crippen molar-refractivity contribution in [2.24, 2.45) is 7.05 Å². The molecule has 0 unspecified atom stereocenters. The molecule has 0 saturated heterocycles. The molecule has 0 saturated carbocycles. The van der Waals surface area contributed by atoms with Crippen LogP contribution in [0.4, 0.5) is 0 Å². The van der Waals surface area contributed by atoms with Crippen LogP contribution in [0.3, 0.4) is 0 Å². The molecule has 2 aromatic heterocycles. The number of benzene rings is 1. The Morgan fingerprint density at radius 2 is 2.11 bits per heavy atom. The van der Waals surface area contributed by atoms with Crippen molar-refractivity contribution >= 4 is 10.9 Å². The molecule has 3 rings (SSSR count). The van der Waals surface area contributed by atoms with Crippen molar-refractivity contribution < 1.29 is 0 Å². The summed E-state index contributed by atoms with van der Waals surface area (Å²) >= 11 is 0. The van der Waals surface area contributed by atoms with Gasteiger partial charge in [0.15, 0.2) is 0 Å². The van der Waals surface area contributed by atoms with E-state index in [0.717, 1.165) is 23.6 Å². The molecular formula is C15H18N4. The van der Waals surface area contributed by atoms with Crippen molar-refractivity contribution in [1.29, 1.82) is 0 Å². The normalized spacial score (nSPS) is 11.3. The molecule has 98 valence electrons. The van der Waals surface area contributed by atoms with E-state index >= 15 is 0 Å². The lowest BCUT2D eigenvalue weighted by Gasteiger charge is -2.01. The van der Waals surface area contributed by atoms with Crippen LogP contribution in [0.25, 0.3) is 22.2 Å². The van der Waals surface area contributed by atoms with Gasteiger partial charge in [-0.2, -0.15) is 0 Å². The molecule has 0 aliphatic rings. The molecule has 2 N–H and O–H groups in total. The van der Waals surface area contributed by atoms with Gasteiger partial charge in [0.05, 0.1) is 12.2 Å². The number of hydrogen-bond acceptors (Lipinski definition) is 2. The van der Waals surface area contributed by atoms with Gasteiger partial charge >= 0.3 is 0 Å². The minimum absolute atomic E-state index is 0.777. The van der Waals surface area contributed by atoms with Crippen LogP contribution in [-0.4, -0.2) is 21.6 Å². The molecule has 0 fully saturated rings. The van der Waals surface area contributed by atoms with Crippen molar-refractivity contribution in [2.45, 2.75) is 13.5 Å². The van der Waals surface area contributed by atoms with Gasteiger partial charge in [-0.05, 0) is 20.0 Å². The van der Waals surface area contributed by atoms with Gasteiger partial charge in [0.1, 0.15) is 5.82 Å². The Morgan fingerprint density at radius 3 is 2.89 bits per heavy atom. The van der Waals surface area contributed by atoms with Crippen molar-refractivity contribution in [3.63, 3.8) is 0 Å². The quantitative estimate of drug-likeness (QED) is 0.754. The summed E-state index contributed by atoms with van der Waals surface area (Å²) in [6.07, 6.45) is 2.04. The number of fused-ring (bicyclic) bond motifs is 1. The van der Waals surface area contributed by atoms with Crippen molar-refractivity contribution in [3.8, 4) is 11.3 Å². The lowest BCUT2D eigenvalue weighted by molar-refractivity contribution is 0.701. The van der Waals surface area contributed by atoms with Crippen LogP contribution in [0.2, 0.25) is 0 Å². The fraction of sp³-hybridized carbons (Fsp3) is 0.267. The van der Waals surface area contributed by atoms with E-state index in [1.54, 1.807) is 0 Å². The lowest BCUT2D eigenvalue weighted by atomic mass is 10.1. The molecule has 0 amide bonds. The summed E-state index contributed by atoms with van der Waals surface area (Å²) in [6.45, 7) is 2.89. The van der Waals surface area contributed by atoms with E-state index in [9.17, 15) is 0 Å². The number of aromatic amines is 1. The smallest absolute Gasteiger partial charge is 0.123 e. The number of aromatic nitrogens is 3. The first-order valence-electron chi connectivity index (χ1n) is 6.45. The Hall–Kier alpha value is -2.07. The molecule has 0 aliphatic heterocycles. The summed E-state index contributed by atoms with van der Waals surface area (Å²) in [5.74, 6) is 1.06. The Kier molecular flexibility index (Phi) is 2.87. The average molecular weight is 254 g/mol. The molecule has 0 radical (unpaired) electrons. The molecule has 19 heavy (non-hydrogen) atoms. The Morgan fingerprint density at radius 1 is 1.32 bits per heavy atom. The predicted octanol–water partition coefficient (Wildman–Crippen LogP) is 2.60. The second-order valence-corrected chi connectivity index (χ2v) is 4.80. The predicted molar refractivity (Wildman–Crippen MR) is 78.0 cm³/mol. The van der Waals surface area contributed by atoms with E-state index in [1.807, 2.05) is 19.3 Å². The third-order valence-electron chi connectivity index (χ3n) is 3.65. The summed E-state index contributed by atoms with van der Waals surface area (Å²) in [5.41, 5.74) is 4.57. The van der Waals surface area contributed by atoms with E-state index in [1.165, 1.54) is 16.6 Å².